The second-order valence-electron chi connectivity index (χ2n) is 8.93. The molecule has 0 fully saturated rings. The number of rotatable bonds is 8. The Morgan fingerprint density at radius 3 is 2.31 bits per heavy atom. The standard InChI is InChI=1S/C27H28N8O/c1-4-5-6-25-29-24(26-19(3)35(36)15-18(2)28-26)17-34(25)16-20-7-9-21(10-8-20)22-11-13-23(14-12-22)27-30-32-33-31-27/h7-15,17H,4-6,16H2,1-3H3,(H,30,31,32,33). The molecule has 3 heterocycles. The highest BCUT2D eigenvalue weighted by Crippen LogP contribution is 2.25. The van der Waals surface area contributed by atoms with Gasteiger partial charge < -0.3 is 9.77 Å². The number of nitrogens with zero attached hydrogens (tertiary/aromatic N) is 7. The molecule has 0 amide bonds. The first-order valence-corrected chi connectivity index (χ1v) is 12.1. The quantitative estimate of drug-likeness (QED) is 0.260. The fraction of sp³-hybridized carbons (Fsp3) is 0.259. The van der Waals surface area contributed by atoms with Crippen LogP contribution in [0.3, 0.4) is 0 Å². The zero-order chi connectivity index (χ0) is 25.1. The second-order valence-corrected chi connectivity index (χ2v) is 8.93. The summed E-state index contributed by atoms with van der Waals surface area (Å²) in [7, 11) is 0. The first-order valence-electron chi connectivity index (χ1n) is 12.1. The molecule has 9 nitrogen and oxygen atoms in total. The van der Waals surface area contributed by atoms with Crippen LogP contribution in [0.5, 0.6) is 0 Å². The lowest BCUT2D eigenvalue weighted by atomic mass is 10.0. The lowest BCUT2D eigenvalue weighted by molar-refractivity contribution is -0.612. The molecule has 0 unspecified atom stereocenters. The van der Waals surface area contributed by atoms with Gasteiger partial charge in [0.2, 0.25) is 17.7 Å². The summed E-state index contributed by atoms with van der Waals surface area (Å²) in [6.45, 7) is 6.49. The Balaban J connectivity index is 1.39. The summed E-state index contributed by atoms with van der Waals surface area (Å²) >= 11 is 0. The van der Waals surface area contributed by atoms with Crippen LogP contribution in [0, 0.1) is 19.1 Å². The Labute approximate surface area is 209 Å². The topological polar surface area (TPSA) is 112 Å². The number of unbranched alkanes of at least 4 members (excludes halogenated alkanes) is 1. The van der Waals surface area contributed by atoms with Gasteiger partial charge in [-0.25, -0.2) is 9.97 Å². The van der Waals surface area contributed by atoms with Crippen LogP contribution in [0.15, 0.2) is 60.9 Å². The molecule has 182 valence electrons. The number of hydrogen-bond acceptors (Lipinski definition) is 6. The molecule has 0 radical (unpaired) electrons. The highest BCUT2D eigenvalue weighted by molar-refractivity contribution is 5.67. The molecular weight excluding hydrogens is 452 g/mol. The largest absolute Gasteiger partial charge is 0.618 e. The van der Waals surface area contributed by atoms with Crippen molar-refractivity contribution in [1.29, 1.82) is 0 Å². The zero-order valence-corrected chi connectivity index (χ0v) is 20.6. The van der Waals surface area contributed by atoms with Crippen LogP contribution in [0.25, 0.3) is 33.9 Å². The number of aromatic nitrogens is 8. The molecule has 1 N–H and O–H groups in total. The molecule has 5 aromatic rings. The van der Waals surface area contributed by atoms with Gasteiger partial charge in [-0.3, -0.25) is 0 Å². The molecular formula is C27H28N8O. The fourth-order valence-corrected chi connectivity index (χ4v) is 4.23. The maximum Gasteiger partial charge on any atom is 0.217 e. The molecule has 2 aromatic carbocycles. The second kappa shape index (κ2) is 10.1. The number of aryl methyl sites for hydroxylation is 2. The van der Waals surface area contributed by atoms with Crippen LogP contribution >= 0.6 is 0 Å². The van der Waals surface area contributed by atoms with Gasteiger partial charge in [0.25, 0.3) is 0 Å². The molecule has 0 spiro atoms. The molecule has 0 saturated heterocycles. The Bertz CT molecular complexity index is 1460. The van der Waals surface area contributed by atoms with Crippen LogP contribution in [-0.2, 0) is 13.0 Å². The Morgan fingerprint density at radius 2 is 1.64 bits per heavy atom. The maximum atomic E-state index is 12.2. The van der Waals surface area contributed by atoms with E-state index in [9.17, 15) is 5.21 Å². The molecule has 0 saturated carbocycles. The number of aromatic amines is 1. The lowest BCUT2D eigenvalue weighted by Crippen LogP contribution is -2.31. The van der Waals surface area contributed by atoms with Crippen molar-refractivity contribution in [2.45, 2.75) is 46.6 Å². The van der Waals surface area contributed by atoms with Crippen LogP contribution < -0.4 is 4.73 Å². The van der Waals surface area contributed by atoms with Gasteiger partial charge in [-0.05, 0) is 35.2 Å². The summed E-state index contributed by atoms with van der Waals surface area (Å²) in [5.74, 6) is 1.59. The van der Waals surface area contributed by atoms with Crippen molar-refractivity contribution >= 4 is 0 Å². The Kier molecular flexibility index (Phi) is 6.53. The summed E-state index contributed by atoms with van der Waals surface area (Å²) in [5.41, 5.74) is 6.96. The van der Waals surface area contributed by atoms with Gasteiger partial charge in [0.05, 0.1) is 0 Å². The molecule has 36 heavy (non-hydrogen) atoms. The van der Waals surface area contributed by atoms with E-state index < -0.39 is 0 Å². The third kappa shape index (κ3) is 4.86. The fourth-order valence-electron chi connectivity index (χ4n) is 4.23. The Morgan fingerprint density at radius 1 is 0.944 bits per heavy atom. The summed E-state index contributed by atoms with van der Waals surface area (Å²) in [6.07, 6.45) is 6.53. The van der Waals surface area contributed by atoms with Gasteiger partial charge in [-0.1, -0.05) is 61.9 Å². The predicted octanol–water partition coefficient (Wildman–Crippen LogP) is 4.43. The number of tetrazole rings is 1. The zero-order valence-electron chi connectivity index (χ0n) is 20.6. The summed E-state index contributed by atoms with van der Waals surface area (Å²) in [5, 5.41) is 26.4. The van der Waals surface area contributed by atoms with Gasteiger partial charge in [0, 0.05) is 31.6 Å². The van der Waals surface area contributed by atoms with E-state index in [4.69, 9.17) is 4.98 Å². The van der Waals surface area contributed by atoms with E-state index in [0.717, 1.165) is 52.2 Å². The minimum atomic E-state index is 0.557. The molecule has 0 aliphatic rings. The van der Waals surface area contributed by atoms with Crippen molar-refractivity contribution in [1.82, 2.24) is 35.2 Å². The first-order chi connectivity index (χ1) is 17.5. The van der Waals surface area contributed by atoms with E-state index in [1.165, 1.54) is 11.8 Å². The third-order valence-electron chi connectivity index (χ3n) is 6.25. The SMILES string of the molecule is CCCCc1nc(-c2nc(C)c[n+]([O-])c2C)cn1Cc1ccc(-c2ccc(-c3nn[nH]n3)cc2)cc1. The third-order valence-corrected chi connectivity index (χ3v) is 6.25. The van der Waals surface area contributed by atoms with E-state index in [2.05, 4.69) is 73.5 Å². The van der Waals surface area contributed by atoms with Gasteiger partial charge >= 0.3 is 0 Å². The molecule has 0 aliphatic heterocycles. The van der Waals surface area contributed by atoms with Crippen LogP contribution in [-0.4, -0.2) is 35.2 Å². The number of imidazole rings is 1. The number of H-pyrrole nitrogens is 1. The van der Waals surface area contributed by atoms with E-state index >= 15 is 0 Å². The van der Waals surface area contributed by atoms with E-state index in [0.29, 0.717) is 29.5 Å². The van der Waals surface area contributed by atoms with Gasteiger partial charge in [-0.2, -0.15) is 9.94 Å². The van der Waals surface area contributed by atoms with Crippen molar-refractivity contribution in [3.63, 3.8) is 0 Å². The van der Waals surface area contributed by atoms with Gasteiger partial charge in [-0.15, -0.1) is 10.2 Å². The highest BCUT2D eigenvalue weighted by Gasteiger charge is 2.18. The highest BCUT2D eigenvalue weighted by atomic mass is 16.5. The average molecular weight is 481 g/mol. The van der Waals surface area contributed by atoms with Gasteiger partial charge in [0.1, 0.15) is 17.2 Å². The minimum absolute atomic E-state index is 0.557. The summed E-state index contributed by atoms with van der Waals surface area (Å²) in [6, 6.07) is 16.7. The van der Waals surface area contributed by atoms with Gasteiger partial charge in [0.15, 0.2) is 5.69 Å². The molecule has 0 aliphatic carbocycles. The van der Waals surface area contributed by atoms with Crippen LogP contribution in [0.2, 0.25) is 0 Å². The number of benzene rings is 2. The van der Waals surface area contributed by atoms with Crippen molar-refractivity contribution in [2.24, 2.45) is 0 Å². The Hall–Kier alpha value is -4.40. The van der Waals surface area contributed by atoms with E-state index in [-0.39, 0.29) is 0 Å². The smallest absolute Gasteiger partial charge is 0.217 e. The van der Waals surface area contributed by atoms with Crippen LogP contribution in [0.1, 0.15) is 42.5 Å². The van der Waals surface area contributed by atoms with Crippen LogP contribution in [0.4, 0.5) is 0 Å². The molecule has 5 rings (SSSR count). The van der Waals surface area contributed by atoms with E-state index in [1.54, 1.807) is 6.92 Å². The number of hydrogen-bond donors (Lipinski definition) is 1. The summed E-state index contributed by atoms with van der Waals surface area (Å²) < 4.78 is 3.05. The molecule has 0 atom stereocenters. The minimum Gasteiger partial charge on any atom is -0.618 e. The first kappa shape index (κ1) is 23.3. The number of nitrogens with one attached hydrogen (secondary N) is 1. The predicted molar refractivity (Wildman–Crippen MR) is 137 cm³/mol. The van der Waals surface area contributed by atoms with Crippen molar-refractivity contribution in [3.05, 3.63) is 88.9 Å². The molecule has 9 heteroatoms. The van der Waals surface area contributed by atoms with E-state index in [1.807, 2.05) is 25.3 Å². The monoisotopic (exact) mass is 480 g/mol. The maximum absolute atomic E-state index is 12.2. The average Bonchev–Trinajstić information content (AvgIpc) is 3.56. The lowest BCUT2D eigenvalue weighted by Gasteiger charge is -2.09. The normalized spacial score (nSPS) is 11.2. The van der Waals surface area contributed by atoms with Crippen molar-refractivity contribution in [2.75, 3.05) is 0 Å². The van der Waals surface area contributed by atoms with Crippen molar-refractivity contribution < 1.29 is 4.73 Å². The molecule has 0 bridgehead atoms. The van der Waals surface area contributed by atoms with Crippen molar-refractivity contribution in [3.8, 4) is 33.9 Å². The summed E-state index contributed by atoms with van der Waals surface area (Å²) in [4.78, 5) is 9.49. The molecule has 3 aromatic heterocycles.